The number of alkyl halides is 1. The molecule has 3 aromatic rings. The van der Waals surface area contributed by atoms with Gasteiger partial charge < -0.3 is 0 Å². The van der Waals surface area contributed by atoms with Gasteiger partial charge in [0, 0.05) is 5.56 Å². The molecule has 0 bridgehead atoms. The summed E-state index contributed by atoms with van der Waals surface area (Å²) in [7, 11) is -8.49. The summed E-state index contributed by atoms with van der Waals surface area (Å²) in [6.07, 6.45) is 0. The summed E-state index contributed by atoms with van der Waals surface area (Å²) in [4.78, 5) is -0.254. The number of aryl methyl sites for hydroxylation is 1. The van der Waals surface area contributed by atoms with Crippen molar-refractivity contribution in [2.45, 2.75) is 22.2 Å². The molecule has 0 N–H and O–H groups in total. The van der Waals surface area contributed by atoms with E-state index in [0.717, 1.165) is 29.8 Å². The van der Waals surface area contributed by atoms with Crippen LogP contribution in [0.25, 0.3) is 0 Å². The molecule has 2 atom stereocenters. The molecular formula is C20H17F2NO3S2. The van der Waals surface area contributed by atoms with Gasteiger partial charge in [-0.15, -0.1) is 0 Å². The normalized spacial score (nSPS) is 14.8. The van der Waals surface area contributed by atoms with Crippen LogP contribution in [0.4, 0.5) is 8.78 Å². The van der Waals surface area contributed by atoms with Crippen LogP contribution >= 0.6 is 0 Å². The molecule has 0 radical (unpaired) electrons. The van der Waals surface area contributed by atoms with Crippen molar-refractivity contribution >= 4 is 19.8 Å². The Bertz CT molecular complexity index is 1180. The summed E-state index contributed by atoms with van der Waals surface area (Å²) < 4.78 is 71.2. The Morgan fingerprint density at radius 2 is 1.36 bits per heavy atom. The first-order chi connectivity index (χ1) is 13.2. The molecule has 0 fully saturated rings. The number of benzene rings is 3. The predicted molar refractivity (Wildman–Crippen MR) is 104 cm³/mol. The first kappa shape index (κ1) is 20.2. The van der Waals surface area contributed by atoms with Crippen LogP contribution in [0.2, 0.25) is 0 Å². The zero-order chi connectivity index (χ0) is 20.4. The minimum absolute atomic E-state index is 0.0671. The van der Waals surface area contributed by atoms with Crippen molar-refractivity contribution in [3.63, 3.8) is 0 Å². The standard InChI is InChI=1S/C20H17F2NO3S2/c1-15-7-13-19(14-8-15)28(25,26)23-27(24,18-5-3-2-4-6-18)20(22)16-9-11-17(21)12-10-16/h2-14,20H,1H3/t20-,27+/m0/s1. The minimum atomic E-state index is -4.41. The largest absolute Gasteiger partial charge is 0.290 e. The molecule has 0 amide bonds. The lowest BCUT2D eigenvalue weighted by Gasteiger charge is -2.16. The minimum Gasteiger partial charge on any atom is -0.240 e. The van der Waals surface area contributed by atoms with E-state index in [2.05, 4.69) is 3.77 Å². The number of rotatable bonds is 5. The second kappa shape index (κ2) is 7.81. The molecule has 0 aliphatic rings. The molecular weight excluding hydrogens is 404 g/mol. The smallest absolute Gasteiger partial charge is 0.240 e. The fourth-order valence-corrected chi connectivity index (χ4v) is 6.46. The summed E-state index contributed by atoms with van der Waals surface area (Å²) in [6.45, 7) is 1.78. The quantitative estimate of drug-likeness (QED) is 0.581. The second-order valence-electron chi connectivity index (χ2n) is 6.11. The molecule has 3 aromatic carbocycles. The van der Waals surface area contributed by atoms with E-state index in [0.29, 0.717) is 0 Å². The Kier molecular flexibility index (Phi) is 5.62. The first-order valence-corrected chi connectivity index (χ1v) is 11.3. The summed E-state index contributed by atoms with van der Waals surface area (Å²) in [5.41, 5.74) is -1.56. The van der Waals surface area contributed by atoms with Gasteiger partial charge in [0.25, 0.3) is 10.0 Å². The second-order valence-corrected chi connectivity index (χ2v) is 10.2. The lowest BCUT2D eigenvalue weighted by atomic mass is 10.2. The van der Waals surface area contributed by atoms with Crippen LogP contribution in [0, 0.1) is 12.7 Å². The van der Waals surface area contributed by atoms with Crippen molar-refractivity contribution in [1.29, 1.82) is 0 Å². The van der Waals surface area contributed by atoms with Crippen molar-refractivity contribution < 1.29 is 21.4 Å². The topological polar surface area (TPSA) is 63.6 Å². The highest BCUT2D eigenvalue weighted by atomic mass is 32.3. The highest BCUT2D eigenvalue weighted by Crippen LogP contribution is 2.34. The van der Waals surface area contributed by atoms with Crippen LogP contribution in [0.3, 0.4) is 0 Å². The Morgan fingerprint density at radius 1 is 0.786 bits per heavy atom. The summed E-state index contributed by atoms with van der Waals surface area (Å²) >= 11 is 0. The fraction of sp³-hybridized carbons (Fsp3) is 0.100. The SMILES string of the molecule is Cc1ccc(S(=O)(=O)N=[S@@](=O)(c2ccccc2)[C@H](F)c2ccc(F)cc2)cc1. The number of nitrogens with zero attached hydrogens (tertiary/aromatic N) is 1. The average molecular weight is 421 g/mol. The number of hydrogen-bond donors (Lipinski definition) is 0. The molecule has 0 spiro atoms. The third-order valence-corrected chi connectivity index (χ3v) is 8.34. The highest BCUT2D eigenvalue weighted by Gasteiger charge is 2.30. The van der Waals surface area contributed by atoms with Gasteiger partial charge in [0.05, 0.1) is 9.79 Å². The van der Waals surface area contributed by atoms with Gasteiger partial charge in [-0.05, 0) is 43.3 Å². The van der Waals surface area contributed by atoms with Crippen molar-refractivity contribution in [2.24, 2.45) is 3.77 Å². The Labute approximate surface area is 163 Å². The maximum Gasteiger partial charge on any atom is 0.290 e. The van der Waals surface area contributed by atoms with Gasteiger partial charge in [-0.1, -0.05) is 51.8 Å². The monoisotopic (exact) mass is 421 g/mol. The summed E-state index contributed by atoms with van der Waals surface area (Å²) in [5, 5.41) is 0. The third-order valence-electron chi connectivity index (χ3n) is 4.02. The van der Waals surface area contributed by atoms with E-state index in [-0.39, 0.29) is 15.4 Å². The van der Waals surface area contributed by atoms with Crippen molar-refractivity contribution in [3.8, 4) is 0 Å². The van der Waals surface area contributed by atoms with Crippen molar-refractivity contribution in [2.75, 3.05) is 0 Å². The van der Waals surface area contributed by atoms with Gasteiger partial charge in [-0.25, -0.2) is 13.0 Å². The van der Waals surface area contributed by atoms with E-state index in [4.69, 9.17) is 0 Å². The summed E-state index contributed by atoms with van der Waals surface area (Å²) in [5.74, 6) is -0.591. The molecule has 28 heavy (non-hydrogen) atoms. The van der Waals surface area contributed by atoms with Gasteiger partial charge in [-0.2, -0.15) is 8.42 Å². The molecule has 3 rings (SSSR count). The number of halogens is 2. The fourth-order valence-electron chi connectivity index (χ4n) is 2.51. The van der Waals surface area contributed by atoms with E-state index >= 15 is 4.39 Å². The number of sulfonamides is 1. The van der Waals surface area contributed by atoms with Gasteiger partial charge >= 0.3 is 0 Å². The van der Waals surface area contributed by atoms with E-state index in [9.17, 15) is 17.0 Å². The average Bonchev–Trinajstić information content (AvgIpc) is 2.68. The zero-order valence-electron chi connectivity index (χ0n) is 14.8. The van der Waals surface area contributed by atoms with Crippen LogP contribution in [0.15, 0.2) is 92.4 Å². The molecule has 0 saturated heterocycles. The Balaban J connectivity index is 2.22. The van der Waals surface area contributed by atoms with Crippen LogP contribution in [-0.4, -0.2) is 12.6 Å². The predicted octanol–water partition coefficient (Wildman–Crippen LogP) is 5.02. The first-order valence-electron chi connectivity index (χ1n) is 8.26. The van der Waals surface area contributed by atoms with E-state index in [1.807, 2.05) is 0 Å². The molecule has 0 aliphatic heterocycles. The van der Waals surface area contributed by atoms with Crippen molar-refractivity contribution in [1.82, 2.24) is 0 Å². The van der Waals surface area contributed by atoms with Crippen molar-refractivity contribution in [3.05, 3.63) is 95.8 Å². The third kappa shape index (κ3) is 4.13. The van der Waals surface area contributed by atoms with Crippen LogP contribution in [-0.2, 0) is 19.8 Å². The maximum atomic E-state index is 15.4. The molecule has 0 aromatic heterocycles. The van der Waals surface area contributed by atoms with Crippen LogP contribution in [0.5, 0.6) is 0 Å². The lowest BCUT2D eigenvalue weighted by Crippen LogP contribution is -2.13. The zero-order valence-corrected chi connectivity index (χ0v) is 16.5. The lowest BCUT2D eigenvalue weighted by molar-refractivity contribution is 0.449. The highest BCUT2D eigenvalue weighted by molar-refractivity contribution is 8.03. The van der Waals surface area contributed by atoms with Gasteiger partial charge in [0.15, 0.2) is 0 Å². The van der Waals surface area contributed by atoms with Crippen LogP contribution in [0.1, 0.15) is 16.6 Å². The molecule has 4 nitrogen and oxygen atoms in total. The van der Waals surface area contributed by atoms with Gasteiger partial charge in [-0.3, -0.25) is 0 Å². The molecule has 0 aliphatic carbocycles. The molecule has 0 heterocycles. The van der Waals surface area contributed by atoms with Gasteiger partial charge in [0.1, 0.15) is 15.5 Å². The molecule has 146 valence electrons. The van der Waals surface area contributed by atoms with E-state index < -0.39 is 31.1 Å². The van der Waals surface area contributed by atoms with Crippen LogP contribution < -0.4 is 0 Å². The van der Waals surface area contributed by atoms with E-state index in [1.54, 1.807) is 25.1 Å². The number of hydrogen-bond acceptors (Lipinski definition) is 3. The molecule has 0 unspecified atom stereocenters. The molecule has 0 saturated carbocycles. The van der Waals surface area contributed by atoms with Gasteiger partial charge in [0.2, 0.25) is 5.50 Å². The Hall–Kier alpha value is -2.58. The van der Waals surface area contributed by atoms with E-state index in [1.165, 1.54) is 36.4 Å². The maximum absolute atomic E-state index is 15.4. The Morgan fingerprint density at radius 3 is 1.93 bits per heavy atom. The summed E-state index contributed by atoms with van der Waals surface area (Å²) in [6, 6.07) is 17.4. The molecule has 8 heteroatoms.